The Kier molecular flexibility index (Phi) is 5.81. The third-order valence-corrected chi connectivity index (χ3v) is 4.11. The molecular weight excluding hydrogens is 313 g/mol. The van der Waals surface area contributed by atoms with E-state index < -0.39 is 0 Å². The van der Waals surface area contributed by atoms with E-state index in [2.05, 4.69) is 11.4 Å². The van der Waals surface area contributed by atoms with E-state index in [0.717, 1.165) is 22.4 Å². The molecular formula is C22H22FNO. The fourth-order valence-electron chi connectivity index (χ4n) is 2.65. The molecule has 3 aromatic carbocycles. The second kappa shape index (κ2) is 8.45. The van der Waals surface area contributed by atoms with E-state index in [1.54, 1.807) is 12.1 Å². The van der Waals surface area contributed by atoms with E-state index in [-0.39, 0.29) is 11.9 Å². The van der Waals surface area contributed by atoms with Gasteiger partial charge in [-0.3, -0.25) is 0 Å². The van der Waals surface area contributed by atoms with Crippen LogP contribution >= 0.6 is 0 Å². The summed E-state index contributed by atoms with van der Waals surface area (Å²) in [5.74, 6) is 0.643. The van der Waals surface area contributed by atoms with Gasteiger partial charge in [-0.25, -0.2) is 4.39 Å². The molecule has 0 heterocycles. The van der Waals surface area contributed by atoms with Crippen molar-refractivity contribution in [2.75, 3.05) is 0 Å². The fraction of sp³-hybridized carbons (Fsp3) is 0.182. The summed E-state index contributed by atoms with van der Waals surface area (Å²) in [5, 5.41) is 3.42. The maximum Gasteiger partial charge on any atom is 0.123 e. The smallest absolute Gasteiger partial charge is 0.123 e. The maximum absolute atomic E-state index is 13.3. The Bertz CT molecular complexity index is 804. The highest BCUT2D eigenvalue weighted by molar-refractivity contribution is 5.29. The normalized spacial score (nSPS) is 11.9. The molecule has 0 aliphatic rings. The van der Waals surface area contributed by atoms with Crippen molar-refractivity contribution in [3.05, 3.63) is 101 Å². The Morgan fingerprint density at radius 1 is 0.880 bits per heavy atom. The zero-order valence-electron chi connectivity index (χ0n) is 14.3. The van der Waals surface area contributed by atoms with Gasteiger partial charge < -0.3 is 10.1 Å². The van der Waals surface area contributed by atoms with Gasteiger partial charge in [-0.15, -0.1) is 0 Å². The van der Waals surface area contributed by atoms with Crippen molar-refractivity contribution in [3.8, 4) is 5.75 Å². The lowest BCUT2D eigenvalue weighted by Crippen LogP contribution is -2.18. The molecule has 0 aliphatic carbocycles. The van der Waals surface area contributed by atoms with Crippen molar-refractivity contribution in [2.45, 2.75) is 26.1 Å². The SMILES string of the molecule is CC(NCc1cccc(OCc2ccccc2)c1)c1cccc(F)c1. The molecule has 0 fully saturated rings. The molecule has 3 rings (SSSR count). The van der Waals surface area contributed by atoms with Gasteiger partial charge >= 0.3 is 0 Å². The number of benzene rings is 3. The van der Waals surface area contributed by atoms with E-state index in [4.69, 9.17) is 4.74 Å². The quantitative estimate of drug-likeness (QED) is 0.636. The Balaban J connectivity index is 1.56. The molecule has 1 N–H and O–H groups in total. The Hall–Kier alpha value is -2.65. The Morgan fingerprint density at radius 2 is 1.64 bits per heavy atom. The molecule has 1 unspecified atom stereocenters. The van der Waals surface area contributed by atoms with E-state index in [1.165, 1.54) is 6.07 Å². The van der Waals surface area contributed by atoms with E-state index in [9.17, 15) is 4.39 Å². The summed E-state index contributed by atoms with van der Waals surface area (Å²) in [6, 6.07) is 24.9. The zero-order chi connectivity index (χ0) is 17.5. The largest absolute Gasteiger partial charge is 0.489 e. The van der Waals surface area contributed by atoms with Crippen molar-refractivity contribution >= 4 is 0 Å². The van der Waals surface area contributed by atoms with Crippen molar-refractivity contribution in [2.24, 2.45) is 0 Å². The van der Waals surface area contributed by atoms with Crippen LogP contribution in [0.5, 0.6) is 5.75 Å². The van der Waals surface area contributed by atoms with Crippen molar-refractivity contribution in [1.82, 2.24) is 5.32 Å². The van der Waals surface area contributed by atoms with Crippen LogP contribution in [0.1, 0.15) is 29.7 Å². The van der Waals surface area contributed by atoms with E-state index in [1.807, 2.05) is 61.5 Å². The van der Waals surface area contributed by atoms with Gasteiger partial charge in [0, 0.05) is 12.6 Å². The summed E-state index contributed by atoms with van der Waals surface area (Å²) in [6.45, 7) is 3.28. The zero-order valence-corrected chi connectivity index (χ0v) is 14.3. The molecule has 1 atom stereocenters. The lowest BCUT2D eigenvalue weighted by molar-refractivity contribution is 0.306. The number of halogens is 1. The monoisotopic (exact) mass is 335 g/mol. The highest BCUT2D eigenvalue weighted by Crippen LogP contribution is 2.17. The summed E-state index contributed by atoms with van der Waals surface area (Å²) >= 11 is 0. The molecule has 128 valence electrons. The standard InChI is InChI=1S/C22H22FNO/c1-17(20-10-6-11-21(23)14-20)24-15-19-9-5-12-22(13-19)25-16-18-7-3-2-4-8-18/h2-14,17,24H,15-16H2,1H3. The second-order valence-electron chi connectivity index (χ2n) is 6.08. The molecule has 0 aromatic heterocycles. The first-order valence-corrected chi connectivity index (χ1v) is 8.45. The minimum absolute atomic E-state index is 0.0737. The summed E-state index contributed by atoms with van der Waals surface area (Å²) < 4.78 is 19.2. The molecule has 25 heavy (non-hydrogen) atoms. The average molecular weight is 335 g/mol. The first-order valence-electron chi connectivity index (χ1n) is 8.45. The van der Waals surface area contributed by atoms with Gasteiger partial charge in [-0.1, -0.05) is 54.6 Å². The van der Waals surface area contributed by atoms with Gasteiger partial charge in [-0.05, 0) is 47.9 Å². The lowest BCUT2D eigenvalue weighted by atomic mass is 10.1. The van der Waals surface area contributed by atoms with Gasteiger partial charge in [0.15, 0.2) is 0 Å². The molecule has 2 nitrogen and oxygen atoms in total. The van der Waals surface area contributed by atoms with Crippen LogP contribution in [-0.4, -0.2) is 0 Å². The molecule has 3 aromatic rings. The molecule has 0 radical (unpaired) electrons. The van der Waals surface area contributed by atoms with Crippen LogP contribution in [0.3, 0.4) is 0 Å². The lowest BCUT2D eigenvalue weighted by Gasteiger charge is -2.15. The summed E-state index contributed by atoms with van der Waals surface area (Å²) in [5.41, 5.74) is 3.22. The third kappa shape index (κ3) is 5.16. The number of hydrogen-bond acceptors (Lipinski definition) is 2. The van der Waals surface area contributed by atoms with Gasteiger partial charge in [0.25, 0.3) is 0 Å². The van der Waals surface area contributed by atoms with Crippen LogP contribution in [0.25, 0.3) is 0 Å². The van der Waals surface area contributed by atoms with E-state index >= 15 is 0 Å². The van der Waals surface area contributed by atoms with Gasteiger partial charge in [0.05, 0.1) is 0 Å². The van der Waals surface area contributed by atoms with Crippen LogP contribution in [0.15, 0.2) is 78.9 Å². The second-order valence-corrected chi connectivity index (χ2v) is 6.08. The molecule has 0 aliphatic heterocycles. The van der Waals surface area contributed by atoms with Crippen molar-refractivity contribution in [3.63, 3.8) is 0 Å². The highest BCUT2D eigenvalue weighted by atomic mass is 19.1. The number of rotatable bonds is 7. The minimum Gasteiger partial charge on any atom is -0.489 e. The van der Waals surface area contributed by atoms with Gasteiger partial charge in [-0.2, -0.15) is 0 Å². The summed E-state index contributed by atoms with van der Waals surface area (Å²) in [4.78, 5) is 0. The maximum atomic E-state index is 13.3. The minimum atomic E-state index is -0.206. The van der Waals surface area contributed by atoms with Crippen LogP contribution in [0.4, 0.5) is 4.39 Å². The molecule has 0 saturated carbocycles. The van der Waals surface area contributed by atoms with Crippen molar-refractivity contribution in [1.29, 1.82) is 0 Å². The summed E-state index contributed by atoms with van der Waals surface area (Å²) in [7, 11) is 0. The van der Waals surface area contributed by atoms with Gasteiger partial charge in [0.2, 0.25) is 0 Å². The number of nitrogens with one attached hydrogen (secondary N) is 1. The van der Waals surface area contributed by atoms with Gasteiger partial charge in [0.1, 0.15) is 18.2 Å². The van der Waals surface area contributed by atoms with Crippen LogP contribution < -0.4 is 10.1 Å². The first-order chi connectivity index (χ1) is 12.2. The first kappa shape index (κ1) is 17.2. The van der Waals surface area contributed by atoms with Crippen LogP contribution in [-0.2, 0) is 13.2 Å². The van der Waals surface area contributed by atoms with Crippen molar-refractivity contribution < 1.29 is 9.13 Å². The molecule has 3 heteroatoms. The Morgan fingerprint density at radius 3 is 2.44 bits per heavy atom. The third-order valence-electron chi connectivity index (χ3n) is 4.11. The predicted octanol–water partition coefficient (Wildman–Crippen LogP) is 5.26. The predicted molar refractivity (Wildman–Crippen MR) is 98.9 cm³/mol. The molecule has 0 bridgehead atoms. The number of ether oxygens (including phenoxy) is 1. The van der Waals surface area contributed by atoms with Crippen LogP contribution in [0, 0.1) is 5.82 Å². The fourth-order valence-corrected chi connectivity index (χ4v) is 2.65. The topological polar surface area (TPSA) is 21.3 Å². The molecule has 0 amide bonds. The molecule has 0 spiro atoms. The van der Waals surface area contributed by atoms with Crippen LogP contribution in [0.2, 0.25) is 0 Å². The average Bonchev–Trinajstić information content (AvgIpc) is 2.66. The highest BCUT2D eigenvalue weighted by Gasteiger charge is 2.06. The molecule has 0 saturated heterocycles. The summed E-state index contributed by atoms with van der Waals surface area (Å²) in [6.07, 6.45) is 0. The Labute approximate surface area is 148 Å². The number of hydrogen-bond donors (Lipinski definition) is 1. The van der Waals surface area contributed by atoms with E-state index in [0.29, 0.717) is 13.2 Å².